The van der Waals surface area contributed by atoms with Gasteiger partial charge in [0, 0.05) is 32.0 Å². The second kappa shape index (κ2) is 9.31. The lowest BCUT2D eigenvalue weighted by Gasteiger charge is -2.31. The Bertz CT molecular complexity index is 895. The summed E-state index contributed by atoms with van der Waals surface area (Å²) < 4.78 is 26.4. The van der Waals surface area contributed by atoms with Gasteiger partial charge in [-0.15, -0.1) is 0 Å². The topological polar surface area (TPSA) is 66.5 Å². The zero-order valence-corrected chi connectivity index (χ0v) is 18.1. The van der Waals surface area contributed by atoms with E-state index in [0.717, 1.165) is 36.8 Å². The van der Waals surface area contributed by atoms with E-state index in [-0.39, 0.29) is 17.1 Å². The standard InChI is InChI=1S/C24H30N2O3S/c27-24(17-23(20-7-3-1-4-8-20)21-9-5-2-6-10-21)25-18-19-13-15-26(16-14-19)30(28,29)22-11-12-22/h1-10,19,22-23H,11-18H2,(H,25,27). The minimum absolute atomic E-state index is 0.0259. The van der Waals surface area contributed by atoms with Gasteiger partial charge in [-0.1, -0.05) is 60.7 Å². The van der Waals surface area contributed by atoms with E-state index in [2.05, 4.69) is 29.6 Å². The number of benzene rings is 2. The largest absolute Gasteiger partial charge is 0.356 e. The molecule has 1 saturated carbocycles. The Balaban J connectivity index is 1.30. The van der Waals surface area contributed by atoms with Crippen LogP contribution >= 0.6 is 0 Å². The minimum Gasteiger partial charge on any atom is -0.356 e. The third-order valence-corrected chi connectivity index (χ3v) is 8.66. The number of sulfonamides is 1. The Morgan fingerprint density at radius 1 is 0.900 bits per heavy atom. The second-order valence-electron chi connectivity index (χ2n) is 8.47. The first kappa shape index (κ1) is 21.1. The molecule has 2 fully saturated rings. The molecule has 1 aliphatic carbocycles. The molecule has 0 radical (unpaired) electrons. The number of nitrogens with zero attached hydrogens (tertiary/aromatic N) is 1. The van der Waals surface area contributed by atoms with Crippen LogP contribution in [0.15, 0.2) is 60.7 Å². The van der Waals surface area contributed by atoms with Crippen LogP contribution in [0, 0.1) is 5.92 Å². The second-order valence-corrected chi connectivity index (χ2v) is 10.7. The average Bonchev–Trinajstić information content (AvgIpc) is 3.64. The Kier molecular flexibility index (Phi) is 6.54. The van der Waals surface area contributed by atoms with Crippen LogP contribution in [0.3, 0.4) is 0 Å². The van der Waals surface area contributed by atoms with Crippen molar-refractivity contribution in [2.45, 2.75) is 43.3 Å². The molecular formula is C24H30N2O3S. The third-order valence-electron chi connectivity index (χ3n) is 6.26. The predicted octanol–water partition coefficient (Wildman–Crippen LogP) is 3.53. The van der Waals surface area contributed by atoms with Crippen LogP contribution in [0.2, 0.25) is 0 Å². The fraction of sp³-hybridized carbons (Fsp3) is 0.458. The summed E-state index contributed by atoms with van der Waals surface area (Å²) in [4.78, 5) is 12.7. The number of nitrogens with one attached hydrogen (secondary N) is 1. The lowest BCUT2D eigenvalue weighted by Crippen LogP contribution is -2.42. The summed E-state index contributed by atoms with van der Waals surface area (Å²) in [5.41, 5.74) is 2.27. The van der Waals surface area contributed by atoms with Crippen molar-refractivity contribution in [1.29, 1.82) is 0 Å². The number of carbonyl (C=O) groups is 1. The zero-order chi connectivity index (χ0) is 21.0. The fourth-order valence-electron chi connectivity index (χ4n) is 4.26. The Labute approximate surface area is 179 Å². The normalized spacial score (nSPS) is 18.4. The van der Waals surface area contributed by atoms with E-state index in [1.54, 1.807) is 4.31 Å². The van der Waals surface area contributed by atoms with Crippen LogP contribution in [-0.2, 0) is 14.8 Å². The molecule has 4 rings (SSSR count). The number of hydrogen-bond donors (Lipinski definition) is 1. The van der Waals surface area contributed by atoms with E-state index >= 15 is 0 Å². The molecule has 30 heavy (non-hydrogen) atoms. The number of hydrogen-bond acceptors (Lipinski definition) is 3. The lowest BCUT2D eigenvalue weighted by atomic mass is 9.88. The van der Waals surface area contributed by atoms with Crippen molar-refractivity contribution in [3.63, 3.8) is 0 Å². The molecule has 1 N–H and O–H groups in total. The SMILES string of the molecule is O=C(CC(c1ccccc1)c1ccccc1)NCC1CCN(S(=O)(=O)C2CC2)CC1. The van der Waals surface area contributed by atoms with E-state index in [1.165, 1.54) is 0 Å². The first-order valence-electron chi connectivity index (χ1n) is 10.9. The van der Waals surface area contributed by atoms with Crippen LogP contribution in [0.1, 0.15) is 49.1 Å². The molecule has 0 atom stereocenters. The summed E-state index contributed by atoms with van der Waals surface area (Å²) in [7, 11) is -3.07. The first-order chi connectivity index (χ1) is 14.5. The number of carbonyl (C=O) groups excluding carboxylic acids is 1. The summed E-state index contributed by atoms with van der Waals surface area (Å²) in [6.45, 7) is 1.78. The summed E-state index contributed by atoms with van der Waals surface area (Å²) in [6, 6.07) is 20.3. The van der Waals surface area contributed by atoms with Gasteiger partial charge in [-0.05, 0) is 42.7 Å². The van der Waals surface area contributed by atoms with Crippen molar-refractivity contribution in [2.75, 3.05) is 19.6 Å². The van der Waals surface area contributed by atoms with Crippen LogP contribution in [-0.4, -0.2) is 43.5 Å². The van der Waals surface area contributed by atoms with Gasteiger partial charge in [0.1, 0.15) is 0 Å². The smallest absolute Gasteiger partial charge is 0.220 e. The Hall–Kier alpha value is -2.18. The van der Waals surface area contributed by atoms with Crippen molar-refractivity contribution < 1.29 is 13.2 Å². The van der Waals surface area contributed by atoms with E-state index in [4.69, 9.17) is 0 Å². The van der Waals surface area contributed by atoms with Crippen LogP contribution in [0.4, 0.5) is 0 Å². The molecule has 2 aromatic carbocycles. The molecule has 0 unspecified atom stereocenters. The summed E-state index contributed by atoms with van der Waals surface area (Å²) >= 11 is 0. The van der Waals surface area contributed by atoms with E-state index in [9.17, 15) is 13.2 Å². The van der Waals surface area contributed by atoms with Crippen molar-refractivity contribution >= 4 is 15.9 Å². The van der Waals surface area contributed by atoms with Gasteiger partial charge in [-0.3, -0.25) is 4.79 Å². The number of piperidine rings is 1. The number of amides is 1. The molecule has 2 aromatic rings. The van der Waals surface area contributed by atoms with E-state index in [1.807, 2.05) is 36.4 Å². The van der Waals surface area contributed by atoms with Crippen LogP contribution < -0.4 is 5.32 Å². The first-order valence-corrected chi connectivity index (χ1v) is 12.4. The van der Waals surface area contributed by atoms with E-state index < -0.39 is 10.0 Å². The van der Waals surface area contributed by atoms with Gasteiger partial charge in [0.2, 0.25) is 15.9 Å². The summed E-state index contributed by atoms with van der Waals surface area (Å²) in [6.07, 6.45) is 3.65. The third kappa shape index (κ3) is 5.10. The van der Waals surface area contributed by atoms with Gasteiger partial charge in [0.25, 0.3) is 0 Å². The van der Waals surface area contributed by atoms with Gasteiger partial charge in [0.15, 0.2) is 0 Å². The highest BCUT2D eigenvalue weighted by Crippen LogP contribution is 2.33. The molecule has 0 aromatic heterocycles. The van der Waals surface area contributed by atoms with Crippen molar-refractivity contribution in [1.82, 2.24) is 9.62 Å². The maximum atomic E-state index is 12.7. The van der Waals surface area contributed by atoms with Gasteiger partial charge in [-0.2, -0.15) is 0 Å². The fourth-order valence-corrected chi connectivity index (χ4v) is 6.13. The highest BCUT2D eigenvalue weighted by molar-refractivity contribution is 7.90. The number of rotatable bonds is 8. The molecule has 0 spiro atoms. The highest BCUT2D eigenvalue weighted by Gasteiger charge is 2.41. The van der Waals surface area contributed by atoms with Crippen LogP contribution in [0.25, 0.3) is 0 Å². The molecule has 1 saturated heterocycles. The monoisotopic (exact) mass is 426 g/mol. The Morgan fingerprint density at radius 2 is 1.43 bits per heavy atom. The van der Waals surface area contributed by atoms with Crippen molar-refractivity contribution in [3.8, 4) is 0 Å². The Morgan fingerprint density at radius 3 is 1.93 bits per heavy atom. The van der Waals surface area contributed by atoms with Gasteiger partial charge in [-0.25, -0.2) is 12.7 Å². The average molecular weight is 427 g/mol. The molecular weight excluding hydrogens is 396 g/mol. The molecule has 5 nitrogen and oxygen atoms in total. The minimum atomic E-state index is -3.07. The lowest BCUT2D eigenvalue weighted by molar-refractivity contribution is -0.121. The van der Waals surface area contributed by atoms with Gasteiger partial charge >= 0.3 is 0 Å². The quantitative estimate of drug-likeness (QED) is 0.702. The molecule has 1 amide bonds. The summed E-state index contributed by atoms with van der Waals surface area (Å²) in [5, 5.41) is 2.97. The maximum absolute atomic E-state index is 12.7. The molecule has 1 aliphatic heterocycles. The molecule has 6 heteroatoms. The summed E-state index contributed by atoms with van der Waals surface area (Å²) in [5.74, 6) is 0.408. The zero-order valence-electron chi connectivity index (χ0n) is 17.2. The van der Waals surface area contributed by atoms with Gasteiger partial charge < -0.3 is 5.32 Å². The maximum Gasteiger partial charge on any atom is 0.220 e. The van der Waals surface area contributed by atoms with Crippen LogP contribution in [0.5, 0.6) is 0 Å². The molecule has 1 heterocycles. The molecule has 160 valence electrons. The predicted molar refractivity (Wildman–Crippen MR) is 119 cm³/mol. The molecule has 0 bridgehead atoms. The van der Waals surface area contributed by atoms with Crippen molar-refractivity contribution in [3.05, 3.63) is 71.8 Å². The van der Waals surface area contributed by atoms with Crippen molar-refractivity contribution in [2.24, 2.45) is 5.92 Å². The molecule has 2 aliphatic rings. The highest BCUT2D eigenvalue weighted by atomic mass is 32.2. The van der Waals surface area contributed by atoms with Gasteiger partial charge in [0.05, 0.1) is 5.25 Å². The van der Waals surface area contributed by atoms with E-state index in [0.29, 0.717) is 32.0 Å².